The number of hydrogen-bond donors (Lipinski definition) is 1. The summed E-state index contributed by atoms with van der Waals surface area (Å²) in [6.07, 6.45) is 7.82. The second-order valence-electron chi connectivity index (χ2n) is 8.11. The molecule has 3 saturated carbocycles. The number of rotatable bonds is 1. The molecule has 0 radical (unpaired) electrons. The second kappa shape index (κ2) is 4.19. The summed E-state index contributed by atoms with van der Waals surface area (Å²) >= 11 is 0. The maximum absolute atomic E-state index is 13.3. The van der Waals surface area contributed by atoms with E-state index in [2.05, 4.69) is 19.9 Å². The smallest absolute Gasteiger partial charge is 0.146 e. The van der Waals surface area contributed by atoms with Gasteiger partial charge in [0.05, 0.1) is 6.61 Å². The van der Waals surface area contributed by atoms with Crippen molar-refractivity contribution in [1.29, 1.82) is 0 Å². The second-order valence-corrected chi connectivity index (χ2v) is 8.11. The highest BCUT2D eigenvalue weighted by molar-refractivity contribution is 5.91. The Hall–Kier alpha value is -0.630. The molecule has 7 unspecified atom stereocenters. The highest BCUT2D eigenvalue weighted by Crippen LogP contribution is 2.65. The van der Waals surface area contributed by atoms with Crippen LogP contribution >= 0.6 is 0 Å². The van der Waals surface area contributed by atoms with Gasteiger partial charge in [-0.3, -0.25) is 4.79 Å². The molecule has 0 heterocycles. The van der Waals surface area contributed by atoms with Gasteiger partial charge < -0.3 is 5.11 Å². The molecule has 7 atom stereocenters. The average molecular weight is 274 g/mol. The Labute approximate surface area is 121 Å². The third-order valence-electron chi connectivity index (χ3n) is 7.08. The first-order chi connectivity index (χ1) is 9.56. The van der Waals surface area contributed by atoms with Gasteiger partial charge in [-0.2, -0.15) is 0 Å². The van der Waals surface area contributed by atoms with Crippen molar-refractivity contribution < 1.29 is 9.90 Å². The van der Waals surface area contributed by atoms with Crippen LogP contribution in [0.3, 0.4) is 0 Å². The Kier molecular flexibility index (Phi) is 2.74. The molecule has 1 N–H and O–H groups in total. The van der Waals surface area contributed by atoms with E-state index >= 15 is 0 Å². The van der Waals surface area contributed by atoms with Crippen molar-refractivity contribution in [3.05, 3.63) is 11.6 Å². The molecule has 0 aromatic carbocycles. The van der Waals surface area contributed by atoms with Crippen molar-refractivity contribution in [3.63, 3.8) is 0 Å². The van der Waals surface area contributed by atoms with Crippen molar-refractivity contribution in [1.82, 2.24) is 0 Å². The Bertz CT molecular complexity index is 480. The first-order valence-electron chi connectivity index (χ1n) is 8.41. The number of aliphatic hydroxyl groups excluding tert-OH is 1. The number of carbonyl (C=O) groups is 1. The van der Waals surface area contributed by atoms with Crippen molar-refractivity contribution >= 4 is 5.78 Å². The molecule has 0 aromatic heterocycles. The van der Waals surface area contributed by atoms with Gasteiger partial charge in [0, 0.05) is 11.3 Å². The number of aliphatic hydroxyl groups is 1. The van der Waals surface area contributed by atoms with E-state index in [-0.39, 0.29) is 17.9 Å². The highest BCUT2D eigenvalue weighted by Gasteiger charge is 2.62. The van der Waals surface area contributed by atoms with E-state index in [4.69, 9.17) is 0 Å². The van der Waals surface area contributed by atoms with E-state index in [1.807, 2.05) is 0 Å². The third kappa shape index (κ3) is 1.57. The van der Waals surface area contributed by atoms with Gasteiger partial charge in [0.15, 0.2) is 0 Å². The molecular formula is C18H26O2. The zero-order valence-electron chi connectivity index (χ0n) is 12.6. The minimum Gasteiger partial charge on any atom is -0.392 e. The van der Waals surface area contributed by atoms with Gasteiger partial charge in [0.2, 0.25) is 0 Å². The van der Waals surface area contributed by atoms with E-state index in [9.17, 15) is 9.90 Å². The maximum Gasteiger partial charge on any atom is 0.146 e. The molecule has 20 heavy (non-hydrogen) atoms. The summed E-state index contributed by atoms with van der Waals surface area (Å²) in [5.41, 5.74) is 1.11. The highest BCUT2D eigenvalue weighted by atomic mass is 16.3. The fourth-order valence-corrected chi connectivity index (χ4v) is 6.09. The molecule has 4 aliphatic carbocycles. The van der Waals surface area contributed by atoms with Gasteiger partial charge in [-0.25, -0.2) is 0 Å². The summed E-state index contributed by atoms with van der Waals surface area (Å²) in [7, 11) is 0. The quantitative estimate of drug-likeness (QED) is 0.746. The van der Waals surface area contributed by atoms with Gasteiger partial charge >= 0.3 is 0 Å². The number of Topliss-reactive ketones (excluding diaryl/α,β-unsaturated/α-hetero) is 1. The topological polar surface area (TPSA) is 37.3 Å². The predicted octanol–water partition coefficient (Wildman–Crippen LogP) is 3.20. The molecule has 1 spiro atoms. The van der Waals surface area contributed by atoms with E-state index in [1.165, 1.54) is 12.8 Å². The first kappa shape index (κ1) is 13.1. The monoisotopic (exact) mass is 274 g/mol. The molecule has 4 aliphatic rings. The van der Waals surface area contributed by atoms with Crippen molar-refractivity contribution in [2.24, 2.45) is 40.9 Å². The number of hydrogen-bond acceptors (Lipinski definition) is 2. The lowest BCUT2D eigenvalue weighted by molar-refractivity contribution is -0.134. The van der Waals surface area contributed by atoms with Crippen LogP contribution in [0.4, 0.5) is 0 Å². The van der Waals surface area contributed by atoms with Crippen LogP contribution in [0, 0.1) is 40.9 Å². The van der Waals surface area contributed by atoms with Gasteiger partial charge in [0.1, 0.15) is 5.78 Å². The lowest BCUT2D eigenvalue weighted by Crippen LogP contribution is -2.37. The number of ketones is 1. The number of allylic oxidation sites excluding steroid dienone is 1. The van der Waals surface area contributed by atoms with Crippen molar-refractivity contribution in [2.75, 3.05) is 6.61 Å². The van der Waals surface area contributed by atoms with E-state index < -0.39 is 0 Å². The fourth-order valence-electron chi connectivity index (χ4n) is 6.09. The summed E-state index contributed by atoms with van der Waals surface area (Å²) in [5, 5.41) is 9.66. The molecule has 4 rings (SSSR count). The molecule has 0 amide bonds. The zero-order valence-corrected chi connectivity index (χ0v) is 12.6. The van der Waals surface area contributed by atoms with Gasteiger partial charge in [-0.15, -0.1) is 0 Å². The molecule has 2 bridgehead atoms. The Morgan fingerprint density at radius 1 is 1.40 bits per heavy atom. The van der Waals surface area contributed by atoms with E-state index in [1.54, 1.807) is 0 Å². The molecule has 110 valence electrons. The number of carbonyl (C=O) groups excluding carboxylic acids is 1. The van der Waals surface area contributed by atoms with Crippen molar-refractivity contribution in [2.45, 2.75) is 46.0 Å². The standard InChI is InChI=1S/C18H26O2/c1-10-5-13-6-12(9-19)7-15-16-11(2)14(16)3-4-18(13,8-10)17(15)20/h7,10-11,13-16,19H,3-6,8-9H2,1-2H3. The van der Waals surface area contributed by atoms with Crippen LogP contribution in [0.2, 0.25) is 0 Å². The predicted molar refractivity (Wildman–Crippen MR) is 78.0 cm³/mol. The molecular weight excluding hydrogens is 248 g/mol. The largest absolute Gasteiger partial charge is 0.392 e. The van der Waals surface area contributed by atoms with Gasteiger partial charge in [0.25, 0.3) is 0 Å². The van der Waals surface area contributed by atoms with Gasteiger partial charge in [-0.05, 0) is 67.3 Å². The normalized spacial score (nSPS) is 53.5. The van der Waals surface area contributed by atoms with Gasteiger partial charge in [-0.1, -0.05) is 19.9 Å². The van der Waals surface area contributed by atoms with E-state index in [0.717, 1.165) is 30.8 Å². The Morgan fingerprint density at radius 2 is 2.20 bits per heavy atom. The average Bonchev–Trinajstić information content (AvgIpc) is 3.00. The van der Waals surface area contributed by atoms with Crippen molar-refractivity contribution in [3.8, 4) is 0 Å². The summed E-state index contributed by atoms with van der Waals surface area (Å²) in [6.45, 7) is 4.77. The molecule has 2 heteroatoms. The summed E-state index contributed by atoms with van der Waals surface area (Å²) in [5.74, 6) is 3.91. The minimum atomic E-state index is -0.0371. The van der Waals surface area contributed by atoms with Crippen LogP contribution < -0.4 is 0 Å². The van der Waals surface area contributed by atoms with Crippen LogP contribution in [-0.2, 0) is 4.79 Å². The zero-order chi connectivity index (χ0) is 14.1. The van der Waals surface area contributed by atoms with Crippen LogP contribution in [0.1, 0.15) is 46.0 Å². The molecule has 0 saturated heterocycles. The van der Waals surface area contributed by atoms with E-state index in [0.29, 0.717) is 29.5 Å². The van der Waals surface area contributed by atoms with Crippen LogP contribution in [0.25, 0.3) is 0 Å². The first-order valence-corrected chi connectivity index (χ1v) is 8.41. The number of fused-ring (bicyclic) bond motifs is 3. The molecule has 3 fully saturated rings. The summed E-state index contributed by atoms with van der Waals surface area (Å²) < 4.78 is 0. The van der Waals surface area contributed by atoms with Crippen LogP contribution in [0.15, 0.2) is 11.6 Å². The Balaban J connectivity index is 1.79. The SMILES string of the molecule is CC1CC2CC(CO)=CC3C(=O)C2(CCC2C(C)C32)C1. The molecule has 2 nitrogen and oxygen atoms in total. The molecule has 0 aromatic rings. The Morgan fingerprint density at radius 3 is 2.95 bits per heavy atom. The summed E-state index contributed by atoms with van der Waals surface area (Å²) in [6, 6.07) is 0. The van der Waals surface area contributed by atoms with Crippen LogP contribution in [0.5, 0.6) is 0 Å². The molecule has 0 aliphatic heterocycles. The fraction of sp³-hybridized carbons (Fsp3) is 0.833. The summed E-state index contributed by atoms with van der Waals surface area (Å²) in [4.78, 5) is 13.3. The lowest BCUT2D eigenvalue weighted by Gasteiger charge is -2.34. The minimum absolute atomic E-state index is 0.0371. The van der Waals surface area contributed by atoms with Crippen LogP contribution in [-0.4, -0.2) is 17.5 Å². The lowest BCUT2D eigenvalue weighted by atomic mass is 9.68. The third-order valence-corrected chi connectivity index (χ3v) is 7.08. The maximum atomic E-state index is 13.3.